The van der Waals surface area contributed by atoms with Crippen LogP contribution in [0.5, 0.6) is 11.5 Å². The Morgan fingerprint density at radius 3 is 1.59 bits per heavy atom. The molecular weight excluding hydrogens is 1960 g/mol. The number of rotatable bonds is 55. The monoisotopic (exact) mass is 2080 g/mol. The Balaban J connectivity index is 2.16. The largest absolute Gasteiger partial charge is 0.508 e. The normalized spacial score (nSPS) is 14.3. The molecule has 3 aromatic carbocycles. The van der Waals surface area contributed by atoms with Gasteiger partial charge in [0.15, 0.2) is 15.8 Å². The van der Waals surface area contributed by atoms with Crippen molar-refractivity contribution in [2.24, 2.45) is 17.2 Å². The van der Waals surface area contributed by atoms with Gasteiger partial charge in [0.25, 0.3) is 11.8 Å². The van der Waals surface area contributed by atoms with Gasteiger partial charge in [-0.1, -0.05) is 30.7 Å². The predicted octanol–water partition coefficient (Wildman–Crippen LogP) is 9.58. The molecule has 9 amide bonds. The highest BCUT2D eigenvalue weighted by molar-refractivity contribution is 7.92. The van der Waals surface area contributed by atoms with Gasteiger partial charge >= 0.3 is 65.7 Å². The summed E-state index contributed by atoms with van der Waals surface area (Å²) in [6, 6.07) is -0.150. The molecule has 1 unspecified atom stereocenters. The molecule has 0 heterocycles. The van der Waals surface area contributed by atoms with Crippen molar-refractivity contribution in [1.82, 2.24) is 52.8 Å². The van der Waals surface area contributed by atoms with Crippen molar-refractivity contribution < 1.29 is 165 Å². The number of hydrogen-bond donors (Lipinski definition) is 13. The van der Waals surface area contributed by atoms with Crippen LogP contribution in [0, 0.1) is 26.2 Å². The minimum absolute atomic E-state index is 0.0246. The maximum Gasteiger partial charge on any atom is 0.460 e. The van der Waals surface area contributed by atoms with E-state index in [1.165, 1.54) is 75.5 Å². The molecule has 0 bridgehead atoms. The second kappa shape index (κ2) is 51.5. The number of alkyl halides is 19. The molecule has 0 aliphatic rings. The zero-order valence-electron chi connectivity index (χ0n) is 78.5. The molecule has 34 nitrogen and oxygen atoms in total. The number of carbonyl (C=O) groups is 11. The molecule has 0 saturated carbocycles. The van der Waals surface area contributed by atoms with Gasteiger partial charge in [-0.05, 0) is 193 Å². The van der Waals surface area contributed by atoms with Gasteiger partial charge < -0.3 is 72.2 Å². The number of hydrogen-bond acceptors (Lipinski definition) is 25. The van der Waals surface area contributed by atoms with Gasteiger partial charge in [0.2, 0.25) is 35.4 Å². The van der Waals surface area contributed by atoms with E-state index >= 15 is 39.6 Å². The van der Waals surface area contributed by atoms with Crippen molar-refractivity contribution in [2.45, 2.75) is 284 Å². The standard InChI is InChI=1S/C85H120Cl2F17N15O19S/c1-47-40-61(134-13)48(2)49(3)66(47)139(132,133)54(44-110-73(107)108)42-57(113-69(127)58(46-136-75(4,5)6)114-67(125)56(106)43-65(124)137-76(7,8)9)68(126)109-45-64(123)119(74(131)138-77(10,11)12)59(72(130)135-14)22-16-18-37-112-116-70(128)60(41-51-26-30-53(120)31-27-51)118(63(122)32-33-78(88,89)79(90,91)80(92,93)81(94,95)82(96,97)83(98,99)84(100,101)85(102,103)104)71(129)55(105)21-15-17-36-111-115-62(121)23-19-20-50-24-28-52(29-25-50)117(38-34-86)39-35-87/h24-31,40,54-60,111-112,120H,15-23,32-39,41-46,105-106H2,1-14H3,(H,109,126)(H,113,127)(H,114,125)(H,115,121)(H,116,128)(H4,107,108,110)/t54?,55-,56-,57-,58-,59-,60-/m0/s1. The summed E-state index contributed by atoms with van der Waals surface area (Å²) in [5.74, 6) is -74.3. The maximum absolute atomic E-state index is 15.7. The molecule has 0 aliphatic heterocycles. The molecule has 139 heavy (non-hydrogen) atoms. The molecule has 3 aromatic rings. The van der Waals surface area contributed by atoms with Gasteiger partial charge in [-0.3, -0.25) is 64.3 Å². The molecule has 0 fully saturated rings. The Morgan fingerprint density at radius 1 is 0.561 bits per heavy atom. The number of phenols is 1. The molecule has 0 spiro atoms. The first-order chi connectivity index (χ1) is 63.7. The van der Waals surface area contributed by atoms with Gasteiger partial charge in [-0.25, -0.2) is 33.8 Å². The third-order valence-corrected chi connectivity index (χ3v) is 23.5. The molecule has 54 heteroatoms. The van der Waals surface area contributed by atoms with E-state index in [-0.39, 0.29) is 69.4 Å². The number of anilines is 1. The van der Waals surface area contributed by atoms with E-state index in [0.717, 1.165) is 42.6 Å². The Kier molecular flexibility index (Phi) is 45.6. The fourth-order valence-electron chi connectivity index (χ4n) is 13.3. The van der Waals surface area contributed by atoms with E-state index in [1.54, 1.807) is 20.8 Å². The van der Waals surface area contributed by atoms with Crippen LogP contribution in [0.3, 0.4) is 0 Å². The van der Waals surface area contributed by atoms with Crippen LogP contribution in [0.2, 0.25) is 0 Å². The lowest BCUT2D eigenvalue weighted by molar-refractivity contribution is -0.461. The van der Waals surface area contributed by atoms with Crippen LogP contribution in [-0.2, 0) is 89.6 Å². The highest BCUT2D eigenvalue weighted by Crippen LogP contribution is 2.64. The average molecular weight is 2080 g/mol. The van der Waals surface area contributed by atoms with Crippen molar-refractivity contribution in [3.8, 4) is 11.5 Å². The van der Waals surface area contributed by atoms with Gasteiger partial charge in [-0.2, -0.15) is 74.6 Å². The average Bonchev–Trinajstić information content (AvgIpc) is 0.693. The Morgan fingerprint density at radius 2 is 1.08 bits per heavy atom. The number of esters is 2. The van der Waals surface area contributed by atoms with Crippen LogP contribution in [-0.4, -0.2) is 272 Å². The van der Waals surface area contributed by atoms with Crippen LogP contribution in [0.1, 0.15) is 167 Å². The van der Waals surface area contributed by atoms with Gasteiger partial charge in [0, 0.05) is 75.9 Å². The number of methoxy groups -OCH3 is 2. The highest BCUT2D eigenvalue weighted by Gasteiger charge is 2.95. The van der Waals surface area contributed by atoms with Crippen molar-refractivity contribution in [2.75, 3.05) is 76.8 Å². The molecule has 7 atom stereocenters. The number of nitrogens with one attached hydrogen (secondary N) is 9. The lowest BCUT2D eigenvalue weighted by Gasteiger charge is -2.42. The van der Waals surface area contributed by atoms with Crippen molar-refractivity contribution in [1.29, 1.82) is 5.41 Å². The fraction of sp³-hybridized carbons (Fsp3) is 0.647. The number of ether oxygens (including phenoxy) is 5. The number of halogens is 19. The van der Waals surface area contributed by atoms with E-state index in [2.05, 4.69) is 37.5 Å². The minimum Gasteiger partial charge on any atom is -0.508 e. The molecule has 16 N–H and O–H groups in total. The van der Waals surface area contributed by atoms with Crippen LogP contribution in [0.15, 0.2) is 59.5 Å². The summed E-state index contributed by atoms with van der Waals surface area (Å²) in [6.45, 7) is 14.9. The van der Waals surface area contributed by atoms with E-state index in [9.17, 15) is 101 Å². The van der Waals surface area contributed by atoms with Gasteiger partial charge in [0.05, 0.1) is 61.6 Å². The third kappa shape index (κ3) is 34.3. The fourth-order valence-corrected chi connectivity index (χ4v) is 15.9. The van der Waals surface area contributed by atoms with Crippen LogP contribution in [0.4, 0.5) is 85.1 Å². The maximum atomic E-state index is 15.7. The van der Waals surface area contributed by atoms with E-state index in [0.29, 0.717) is 43.3 Å². The number of imide groups is 2. The molecule has 0 aliphatic carbocycles. The Labute approximate surface area is 801 Å². The van der Waals surface area contributed by atoms with E-state index < -0.39 is 270 Å². The number of nitrogens with two attached hydrogens (primary N) is 3. The number of aromatic hydroxyl groups is 1. The number of amides is 9. The zero-order valence-corrected chi connectivity index (χ0v) is 80.8. The lowest BCUT2D eigenvalue weighted by Crippen LogP contribution is -2.74. The summed E-state index contributed by atoms with van der Waals surface area (Å²) in [5.41, 5.74) is 25.7. The van der Waals surface area contributed by atoms with Crippen molar-refractivity contribution in [3.63, 3.8) is 0 Å². The zero-order chi connectivity index (χ0) is 107. The molecule has 0 radical (unpaired) electrons. The Hall–Kier alpha value is -10.2. The summed E-state index contributed by atoms with van der Waals surface area (Å²) in [5, 5.41) is 25.5. The smallest absolute Gasteiger partial charge is 0.460 e. The molecular formula is C85H120Cl2F17N15O19S. The molecule has 0 saturated heterocycles. The summed E-state index contributed by atoms with van der Waals surface area (Å²) in [4.78, 5) is 157. The van der Waals surface area contributed by atoms with Crippen LogP contribution < -0.4 is 69.8 Å². The number of unbranched alkanes of at least 4 members (excludes halogenated alkanes) is 2. The second-order valence-corrected chi connectivity index (χ2v) is 38.0. The predicted molar refractivity (Wildman–Crippen MR) is 471 cm³/mol. The number of phenolic OH excluding ortho intramolecular Hbond substituents is 1. The first kappa shape index (κ1) is 123. The summed E-state index contributed by atoms with van der Waals surface area (Å²) in [6.07, 6.45) is -20.2. The third-order valence-electron chi connectivity index (χ3n) is 20.7. The Bertz CT molecular complexity index is 4810. The lowest BCUT2D eigenvalue weighted by atomic mass is 9.88. The van der Waals surface area contributed by atoms with Crippen LogP contribution in [0.25, 0.3) is 0 Å². The van der Waals surface area contributed by atoms with Crippen LogP contribution >= 0.6 is 23.2 Å². The van der Waals surface area contributed by atoms with Gasteiger partial charge in [-0.15, -0.1) is 23.2 Å². The number of hydrazine groups is 2. The molecule has 3 rings (SSSR count). The number of carbonyl (C=O) groups excluding carboxylic acids is 11. The quantitative estimate of drug-likeness (QED) is 0.00365. The van der Waals surface area contributed by atoms with Crippen molar-refractivity contribution >= 4 is 110 Å². The summed E-state index contributed by atoms with van der Waals surface area (Å²) < 4.78 is 303. The number of sulfone groups is 1. The molecule has 788 valence electrons. The summed E-state index contributed by atoms with van der Waals surface area (Å²) in [7, 11) is -2.72. The topological polar surface area (TPSA) is 496 Å². The first-order valence-electron chi connectivity index (χ1n) is 42.9. The molecule has 0 aromatic heterocycles. The summed E-state index contributed by atoms with van der Waals surface area (Å²) >= 11 is 11.8. The SMILES string of the molecule is COC(=O)[C@H](CCCCNNC(=O)[C@H](Cc1ccc(O)cc1)N(C(=O)CCC(F)(F)C(F)(F)C(F)(F)C(F)(F)C(F)(F)C(F)(F)C(F)(F)C(F)(F)F)C(=O)[C@@H](N)CCCCNNC(=O)CCCc1ccc(N(CCCl)CCCl)cc1)N(C(=O)CNC(=O)[C@H](CC(CNC(=N)N)S(=O)(=O)c1c(C)cc(OC)c(C)c1C)NC(=O)[C@H](COC(C)(C)C)NC(=O)[C@@H](N)CC(=O)OC(C)(C)C)C(=O)OC(C)(C)C. The number of guanidine groups is 1. The second-order valence-electron chi connectivity index (χ2n) is 35.1. The number of benzene rings is 3. The van der Waals surface area contributed by atoms with Crippen molar-refractivity contribution in [3.05, 3.63) is 82.4 Å². The van der Waals surface area contributed by atoms with E-state index in [4.69, 9.17) is 69.5 Å². The minimum atomic E-state index is -9.01. The number of aryl methyl sites for hydroxylation is 2. The highest BCUT2D eigenvalue weighted by atomic mass is 35.5. The van der Waals surface area contributed by atoms with E-state index in [1.807, 2.05) is 34.6 Å². The van der Waals surface area contributed by atoms with Gasteiger partial charge in [0.1, 0.15) is 46.9 Å². The number of nitrogens with zero attached hydrogens (tertiary/aromatic N) is 3. The first-order valence-corrected chi connectivity index (χ1v) is 45.5.